The first-order valence-corrected chi connectivity index (χ1v) is 9.80. The van der Waals surface area contributed by atoms with E-state index in [1.807, 2.05) is 6.26 Å². The molecule has 0 saturated carbocycles. The molecule has 4 amide bonds. The van der Waals surface area contributed by atoms with E-state index < -0.39 is 46.6 Å². The van der Waals surface area contributed by atoms with Crippen molar-refractivity contribution in [1.82, 2.24) is 16.0 Å². The highest BCUT2D eigenvalue weighted by molar-refractivity contribution is 8.09. The van der Waals surface area contributed by atoms with E-state index in [0.717, 1.165) is 0 Å². The number of nitrogens with one attached hydrogen (secondary N) is 3. The number of thioether (sulfide) groups is 1. The molecular weight excluding hydrogens is 342 g/mol. The van der Waals surface area contributed by atoms with Crippen LogP contribution in [-0.2, 0) is 20.4 Å². The first kappa shape index (κ1) is 19.7. The van der Waals surface area contributed by atoms with Gasteiger partial charge >= 0.3 is 6.03 Å². The maximum atomic E-state index is 11.8. The number of aliphatic hydroxyl groups is 1. The molecule has 0 spiro atoms. The summed E-state index contributed by atoms with van der Waals surface area (Å²) in [5.41, 5.74) is 0. The van der Waals surface area contributed by atoms with Crippen molar-refractivity contribution < 1.29 is 23.7 Å². The summed E-state index contributed by atoms with van der Waals surface area (Å²) in [7, 11) is -1.14. The third-order valence-corrected chi connectivity index (χ3v) is 5.86. The summed E-state index contributed by atoms with van der Waals surface area (Å²) >= 11 is 1.42. The first-order chi connectivity index (χ1) is 10.9. The molecule has 3 unspecified atom stereocenters. The molecule has 0 bridgehead atoms. The molecule has 1 saturated heterocycles. The minimum absolute atomic E-state index is 0.160. The van der Waals surface area contributed by atoms with Crippen molar-refractivity contribution in [2.24, 2.45) is 5.92 Å². The lowest BCUT2D eigenvalue weighted by molar-refractivity contribution is -0.123. The third-order valence-electron chi connectivity index (χ3n) is 3.10. The maximum Gasteiger partial charge on any atom is 0.321 e. The highest BCUT2D eigenvalue weighted by atomic mass is 32.2. The molecule has 4 atom stereocenters. The summed E-state index contributed by atoms with van der Waals surface area (Å²) in [6.07, 6.45) is 4.39. The maximum absolute atomic E-state index is 11.8. The van der Waals surface area contributed by atoms with Crippen molar-refractivity contribution in [3.63, 3.8) is 0 Å². The fraction of sp³-hybridized carbons (Fsp3) is 0.615. The van der Waals surface area contributed by atoms with Crippen LogP contribution >= 0.6 is 11.8 Å². The smallest absolute Gasteiger partial charge is 0.321 e. The molecule has 1 heterocycles. The first-order valence-electron chi connectivity index (χ1n) is 6.92. The van der Waals surface area contributed by atoms with Crippen molar-refractivity contribution in [3.8, 4) is 0 Å². The molecule has 1 fully saturated rings. The second-order valence-electron chi connectivity index (χ2n) is 5.04. The Hall–Kier alpha value is -1.39. The van der Waals surface area contributed by atoms with E-state index in [1.165, 1.54) is 23.9 Å². The van der Waals surface area contributed by atoms with Gasteiger partial charge < -0.3 is 15.7 Å². The number of hydrogen-bond acceptors (Lipinski definition) is 6. The van der Waals surface area contributed by atoms with Gasteiger partial charge in [-0.05, 0) is 19.3 Å². The Morgan fingerprint density at radius 2 is 2.22 bits per heavy atom. The molecule has 1 rings (SSSR count). The number of aliphatic hydroxyl groups excluding tert-OH is 1. The van der Waals surface area contributed by atoms with Crippen LogP contribution in [0, 0.1) is 5.92 Å². The SMILES string of the molecule is CSCS(=O)C[C@H](CO)NC(=O)/C=C/C1C(=O)NC(=O)NC1C. The van der Waals surface area contributed by atoms with Crippen LogP contribution in [0.3, 0.4) is 0 Å². The van der Waals surface area contributed by atoms with Crippen molar-refractivity contribution in [2.45, 2.75) is 19.0 Å². The molecule has 0 radical (unpaired) electrons. The molecule has 4 N–H and O–H groups in total. The molecular formula is C13H21N3O5S2. The lowest BCUT2D eigenvalue weighted by Gasteiger charge is -2.26. The molecule has 0 aromatic heterocycles. The second-order valence-corrected chi connectivity index (χ2v) is 7.77. The van der Waals surface area contributed by atoms with Gasteiger partial charge in [0, 0.05) is 22.6 Å². The topological polar surface area (TPSA) is 125 Å². The van der Waals surface area contributed by atoms with Crippen molar-refractivity contribution in [1.29, 1.82) is 0 Å². The van der Waals surface area contributed by atoms with Crippen LogP contribution in [-0.4, -0.2) is 62.9 Å². The Bertz CT molecular complexity index is 512. The predicted molar refractivity (Wildman–Crippen MR) is 89.2 cm³/mol. The fourth-order valence-corrected chi connectivity index (χ4v) is 4.07. The van der Waals surface area contributed by atoms with Crippen molar-refractivity contribution in [3.05, 3.63) is 12.2 Å². The van der Waals surface area contributed by atoms with Crippen LogP contribution in [0.4, 0.5) is 4.79 Å². The monoisotopic (exact) mass is 363 g/mol. The van der Waals surface area contributed by atoms with E-state index in [-0.39, 0.29) is 12.4 Å². The van der Waals surface area contributed by atoms with Gasteiger partial charge in [0.05, 0.1) is 23.7 Å². The number of urea groups is 1. The van der Waals surface area contributed by atoms with E-state index in [9.17, 15) is 23.7 Å². The van der Waals surface area contributed by atoms with Gasteiger partial charge in [-0.3, -0.25) is 19.1 Å². The van der Waals surface area contributed by atoms with Crippen LogP contribution in [0.5, 0.6) is 0 Å². The van der Waals surface area contributed by atoms with E-state index >= 15 is 0 Å². The van der Waals surface area contributed by atoms with Crippen molar-refractivity contribution >= 4 is 40.4 Å². The van der Waals surface area contributed by atoms with Gasteiger partial charge in [-0.1, -0.05) is 6.08 Å². The van der Waals surface area contributed by atoms with Gasteiger partial charge in [0.25, 0.3) is 0 Å². The summed E-state index contributed by atoms with van der Waals surface area (Å²) in [6, 6.07) is -1.60. The fourth-order valence-electron chi connectivity index (χ4n) is 1.99. The van der Waals surface area contributed by atoms with Crippen molar-refractivity contribution in [2.75, 3.05) is 23.7 Å². The van der Waals surface area contributed by atoms with Gasteiger partial charge in [0.15, 0.2) is 0 Å². The zero-order chi connectivity index (χ0) is 17.4. The standard InChI is InChI=1S/C13H21N3O5S2/c1-8-10(12(19)16-13(20)14-8)3-4-11(18)15-9(5-17)6-23(21)7-22-2/h3-4,8-10,17H,5-7H2,1-2H3,(H,15,18)(H2,14,16,19,20)/b4-3+/t8?,9-,10?,23?/m0/s1. The average molecular weight is 363 g/mol. The lowest BCUT2D eigenvalue weighted by Crippen LogP contribution is -2.56. The third kappa shape index (κ3) is 6.71. The molecule has 10 heteroatoms. The quantitative estimate of drug-likeness (QED) is 0.407. The second kappa shape index (κ2) is 9.68. The molecule has 1 aliphatic rings. The van der Waals surface area contributed by atoms with Gasteiger partial charge in [-0.2, -0.15) is 11.8 Å². The molecule has 130 valence electrons. The van der Waals surface area contributed by atoms with E-state index in [0.29, 0.717) is 5.08 Å². The highest BCUT2D eigenvalue weighted by Crippen LogP contribution is 2.10. The predicted octanol–water partition coefficient (Wildman–Crippen LogP) is -1.07. The average Bonchev–Trinajstić information content (AvgIpc) is 2.45. The summed E-state index contributed by atoms with van der Waals surface area (Å²) in [6.45, 7) is 1.34. The summed E-state index contributed by atoms with van der Waals surface area (Å²) in [5, 5.41) is 16.9. The van der Waals surface area contributed by atoms with E-state index in [2.05, 4.69) is 16.0 Å². The van der Waals surface area contributed by atoms with E-state index in [4.69, 9.17) is 0 Å². The molecule has 0 aliphatic carbocycles. The molecule has 23 heavy (non-hydrogen) atoms. The Balaban J connectivity index is 2.55. The molecule has 1 aliphatic heterocycles. The number of rotatable bonds is 8. The van der Waals surface area contributed by atoms with Crippen LogP contribution in [0.1, 0.15) is 6.92 Å². The van der Waals surface area contributed by atoms with Gasteiger partial charge in [-0.15, -0.1) is 0 Å². The summed E-state index contributed by atoms with van der Waals surface area (Å²) < 4.78 is 11.6. The van der Waals surface area contributed by atoms with Gasteiger partial charge in [-0.25, -0.2) is 4.79 Å². The van der Waals surface area contributed by atoms with E-state index in [1.54, 1.807) is 6.92 Å². The summed E-state index contributed by atoms with van der Waals surface area (Å²) in [4.78, 5) is 34.6. The zero-order valence-electron chi connectivity index (χ0n) is 12.9. The van der Waals surface area contributed by atoms with Gasteiger partial charge in [0.2, 0.25) is 11.8 Å². The summed E-state index contributed by atoms with van der Waals surface area (Å²) in [5.74, 6) is -1.48. The Morgan fingerprint density at radius 1 is 1.52 bits per heavy atom. The molecule has 8 nitrogen and oxygen atoms in total. The number of amides is 4. The van der Waals surface area contributed by atoms with Crippen LogP contribution in [0.25, 0.3) is 0 Å². The minimum atomic E-state index is -1.14. The Kier molecular flexibility index (Phi) is 8.28. The molecule has 0 aromatic rings. The number of hydrogen-bond donors (Lipinski definition) is 4. The van der Waals surface area contributed by atoms with Gasteiger partial charge in [0.1, 0.15) is 0 Å². The van der Waals surface area contributed by atoms with Crippen LogP contribution in [0.15, 0.2) is 12.2 Å². The Labute approximate surface area is 141 Å². The number of imide groups is 1. The number of carbonyl (C=O) groups excluding carboxylic acids is 3. The molecule has 0 aromatic carbocycles. The van der Waals surface area contributed by atoms with Crippen LogP contribution < -0.4 is 16.0 Å². The Morgan fingerprint density at radius 3 is 2.78 bits per heavy atom. The number of carbonyl (C=O) groups is 3. The highest BCUT2D eigenvalue weighted by Gasteiger charge is 2.30. The largest absolute Gasteiger partial charge is 0.394 e. The van der Waals surface area contributed by atoms with Crippen LogP contribution in [0.2, 0.25) is 0 Å². The zero-order valence-corrected chi connectivity index (χ0v) is 14.5. The minimum Gasteiger partial charge on any atom is -0.394 e. The lowest BCUT2D eigenvalue weighted by atomic mass is 9.98. The normalized spacial score (nSPS) is 24.0.